The molecular formula is C13H13N5O3. The number of nitro groups is 1. The molecule has 8 heteroatoms. The summed E-state index contributed by atoms with van der Waals surface area (Å²) in [5.74, 6) is 1.25. The van der Waals surface area contributed by atoms with Crippen LogP contribution in [0.15, 0.2) is 33.9 Å². The Morgan fingerprint density at radius 1 is 1.38 bits per heavy atom. The van der Waals surface area contributed by atoms with Crippen LogP contribution < -0.4 is 0 Å². The monoisotopic (exact) mass is 287 g/mol. The third kappa shape index (κ3) is 2.73. The summed E-state index contributed by atoms with van der Waals surface area (Å²) in [5, 5.41) is 10.6. The molecule has 0 unspecified atom stereocenters. The van der Waals surface area contributed by atoms with E-state index in [1.165, 1.54) is 12.1 Å². The maximum absolute atomic E-state index is 10.6. The Morgan fingerprint density at radius 3 is 2.71 bits per heavy atom. The van der Waals surface area contributed by atoms with Crippen LogP contribution in [0.1, 0.15) is 12.8 Å². The maximum Gasteiger partial charge on any atom is 0.433 e. The normalized spacial score (nSPS) is 16.6. The van der Waals surface area contributed by atoms with Crippen molar-refractivity contribution in [3.05, 3.63) is 34.6 Å². The van der Waals surface area contributed by atoms with Crippen LogP contribution in [-0.4, -0.2) is 39.2 Å². The van der Waals surface area contributed by atoms with Crippen molar-refractivity contribution in [2.45, 2.75) is 12.8 Å². The Balaban J connectivity index is 1.81. The zero-order chi connectivity index (χ0) is 14.8. The Labute approximate surface area is 120 Å². The molecule has 0 N–H and O–H groups in total. The van der Waals surface area contributed by atoms with E-state index in [0.29, 0.717) is 11.5 Å². The minimum absolute atomic E-state index is 0.263. The zero-order valence-electron chi connectivity index (χ0n) is 11.4. The van der Waals surface area contributed by atoms with Crippen molar-refractivity contribution in [2.24, 2.45) is 4.99 Å². The summed E-state index contributed by atoms with van der Waals surface area (Å²) in [6, 6.07) is 2.75. The first-order valence-electron chi connectivity index (χ1n) is 6.49. The van der Waals surface area contributed by atoms with E-state index in [1.807, 2.05) is 7.05 Å². The van der Waals surface area contributed by atoms with Crippen molar-refractivity contribution in [3.63, 3.8) is 0 Å². The Morgan fingerprint density at radius 2 is 2.14 bits per heavy atom. The summed E-state index contributed by atoms with van der Waals surface area (Å²) in [6.07, 6.45) is 5.21. The fourth-order valence-corrected chi connectivity index (χ4v) is 2.14. The Kier molecular flexibility index (Phi) is 3.35. The van der Waals surface area contributed by atoms with Gasteiger partial charge in [-0.1, -0.05) is 0 Å². The summed E-state index contributed by atoms with van der Waals surface area (Å²) >= 11 is 0. The van der Waals surface area contributed by atoms with Crippen LogP contribution in [0.4, 0.5) is 11.6 Å². The van der Waals surface area contributed by atoms with Gasteiger partial charge < -0.3 is 9.32 Å². The van der Waals surface area contributed by atoms with Gasteiger partial charge >= 0.3 is 5.88 Å². The number of hydrogen-bond acceptors (Lipinski definition) is 6. The number of amidine groups is 1. The summed E-state index contributed by atoms with van der Waals surface area (Å²) in [4.78, 5) is 24.8. The lowest BCUT2D eigenvalue weighted by atomic mass is 10.3. The van der Waals surface area contributed by atoms with E-state index >= 15 is 0 Å². The van der Waals surface area contributed by atoms with Gasteiger partial charge in [-0.2, -0.15) is 0 Å². The van der Waals surface area contributed by atoms with Gasteiger partial charge in [0, 0.05) is 20.0 Å². The van der Waals surface area contributed by atoms with Crippen molar-refractivity contribution in [1.29, 1.82) is 0 Å². The predicted octanol–water partition coefficient (Wildman–Crippen LogP) is 2.40. The van der Waals surface area contributed by atoms with Gasteiger partial charge in [0.25, 0.3) is 0 Å². The molecular weight excluding hydrogens is 274 g/mol. The molecule has 1 fully saturated rings. The van der Waals surface area contributed by atoms with Crippen molar-refractivity contribution >= 4 is 17.4 Å². The number of aromatic nitrogens is 2. The van der Waals surface area contributed by atoms with E-state index in [0.717, 1.165) is 25.2 Å². The van der Waals surface area contributed by atoms with E-state index < -0.39 is 4.92 Å². The van der Waals surface area contributed by atoms with Crippen LogP contribution >= 0.6 is 0 Å². The summed E-state index contributed by atoms with van der Waals surface area (Å²) in [5.41, 5.74) is 0.656. The highest BCUT2D eigenvalue weighted by Crippen LogP contribution is 2.24. The number of furan rings is 1. The average molecular weight is 287 g/mol. The van der Waals surface area contributed by atoms with Crippen LogP contribution in [-0.2, 0) is 0 Å². The quantitative estimate of drug-likeness (QED) is 0.635. The van der Waals surface area contributed by atoms with Crippen molar-refractivity contribution in [1.82, 2.24) is 14.9 Å². The van der Waals surface area contributed by atoms with Crippen molar-refractivity contribution in [2.75, 3.05) is 13.6 Å². The fraction of sp³-hybridized carbons (Fsp3) is 0.308. The van der Waals surface area contributed by atoms with Crippen LogP contribution in [0.25, 0.3) is 11.6 Å². The highest BCUT2D eigenvalue weighted by Gasteiger charge is 2.16. The maximum atomic E-state index is 10.6. The fourth-order valence-electron chi connectivity index (χ4n) is 2.14. The van der Waals surface area contributed by atoms with E-state index in [-0.39, 0.29) is 11.6 Å². The molecule has 3 rings (SSSR count). The molecule has 0 aliphatic carbocycles. The molecule has 0 radical (unpaired) electrons. The molecule has 0 bridgehead atoms. The van der Waals surface area contributed by atoms with Crippen LogP contribution in [0.3, 0.4) is 0 Å². The molecule has 0 saturated carbocycles. The van der Waals surface area contributed by atoms with Crippen molar-refractivity contribution < 1.29 is 9.34 Å². The molecule has 1 saturated heterocycles. The summed E-state index contributed by atoms with van der Waals surface area (Å²) in [6.45, 7) is 1.01. The first-order chi connectivity index (χ1) is 10.1. The lowest BCUT2D eigenvalue weighted by Crippen LogP contribution is -2.18. The molecule has 0 atom stereocenters. The first-order valence-corrected chi connectivity index (χ1v) is 6.49. The highest BCUT2D eigenvalue weighted by atomic mass is 16.6. The number of hydrogen-bond donors (Lipinski definition) is 0. The standard InChI is InChI=1S/C13H13N5O3/c1-17-6-2-3-11(17)16-9-7-14-13(15-8-9)10-4-5-12(21-10)18(19)20/h4-5,7-8H,2-3,6H2,1H3. The highest BCUT2D eigenvalue weighted by molar-refractivity contribution is 5.86. The van der Waals surface area contributed by atoms with Crippen LogP contribution in [0.2, 0.25) is 0 Å². The van der Waals surface area contributed by atoms with Crippen molar-refractivity contribution in [3.8, 4) is 11.6 Å². The lowest BCUT2D eigenvalue weighted by molar-refractivity contribution is -0.401. The Hall–Kier alpha value is -2.77. The van der Waals surface area contributed by atoms with Gasteiger partial charge in [-0.05, 0) is 12.5 Å². The smallest absolute Gasteiger partial charge is 0.397 e. The summed E-state index contributed by atoms with van der Waals surface area (Å²) in [7, 11) is 2.00. The van der Waals surface area contributed by atoms with E-state index in [9.17, 15) is 10.1 Å². The molecule has 2 aromatic rings. The van der Waals surface area contributed by atoms with Crippen LogP contribution in [0.5, 0.6) is 0 Å². The molecule has 3 heterocycles. The van der Waals surface area contributed by atoms with Gasteiger partial charge in [-0.15, -0.1) is 0 Å². The molecule has 2 aromatic heterocycles. The first kappa shape index (κ1) is 13.2. The second kappa shape index (κ2) is 5.31. The molecule has 108 valence electrons. The average Bonchev–Trinajstić information content (AvgIpc) is 3.10. The van der Waals surface area contributed by atoms with Gasteiger partial charge in [0.15, 0.2) is 11.6 Å². The number of rotatable bonds is 3. The molecule has 0 spiro atoms. The molecule has 0 aromatic carbocycles. The Bertz CT molecular complexity index is 692. The van der Waals surface area contributed by atoms with Gasteiger partial charge in [-0.25, -0.2) is 15.0 Å². The molecule has 1 aliphatic rings. The molecule has 21 heavy (non-hydrogen) atoms. The minimum atomic E-state index is -0.597. The van der Waals surface area contributed by atoms with Gasteiger partial charge in [-0.3, -0.25) is 10.1 Å². The van der Waals surface area contributed by atoms with E-state index in [1.54, 1.807) is 12.4 Å². The largest absolute Gasteiger partial charge is 0.433 e. The summed E-state index contributed by atoms with van der Waals surface area (Å²) < 4.78 is 5.05. The van der Waals surface area contributed by atoms with Gasteiger partial charge in [0.05, 0.1) is 18.5 Å². The SMILES string of the molecule is CN1CCCC1=Nc1cnc(-c2ccc([N+](=O)[O-])o2)nc1. The lowest BCUT2D eigenvalue weighted by Gasteiger charge is -2.10. The van der Waals surface area contributed by atoms with E-state index in [2.05, 4.69) is 19.9 Å². The van der Waals surface area contributed by atoms with E-state index in [4.69, 9.17) is 4.42 Å². The topological polar surface area (TPSA) is 97.7 Å². The third-order valence-corrected chi connectivity index (χ3v) is 3.22. The number of likely N-dealkylation sites (tertiary alicyclic amines) is 1. The predicted molar refractivity (Wildman–Crippen MR) is 75.3 cm³/mol. The zero-order valence-corrected chi connectivity index (χ0v) is 11.4. The molecule has 1 aliphatic heterocycles. The van der Waals surface area contributed by atoms with Crippen LogP contribution in [0, 0.1) is 10.1 Å². The number of nitrogens with zero attached hydrogens (tertiary/aromatic N) is 5. The second-order valence-corrected chi connectivity index (χ2v) is 4.71. The van der Waals surface area contributed by atoms with Gasteiger partial charge in [0.2, 0.25) is 0 Å². The second-order valence-electron chi connectivity index (χ2n) is 4.71. The molecule has 0 amide bonds. The third-order valence-electron chi connectivity index (χ3n) is 3.22. The van der Waals surface area contributed by atoms with Gasteiger partial charge in [0.1, 0.15) is 16.4 Å². The molecule has 8 nitrogen and oxygen atoms in total. The minimum Gasteiger partial charge on any atom is -0.397 e. The number of aliphatic imine (C=N–C) groups is 1.